The highest BCUT2D eigenvalue weighted by Crippen LogP contribution is 2.41. The minimum Gasteiger partial charge on any atom is -0.496 e. The number of carbonyl (C=O) groups is 2. The minimum atomic E-state index is -0.237. The van der Waals surface area contributed by atoms with Crippen molar-refractivity contribution in [3.05, 3.63) is 65.7 Å². The molecular formula is C23H28N2O3. The molecule has 0 heterocycles. The van der Waals surface area contributed by atoms with Gasteiger partial charge in [-0.05, 0) is 31.9 Å². The highest BCUT2D eigenvalue weighted by molar-refractivity contribution is 5.92. The summed E-state index contributed by atoms with van der Waals surface area (Å²) in [5.74, 6) is 0.298. The highest BCUT2D eigenvalue weighted by Gasteiger charge is 2.49. The van der Waals surface area contributed by atoms with Gasteiger partial charge in [0.1, 0.15) is 5.75 Å². The summed E-state index contributed by atoms with van der Waals surface area (Å²) in [6, 6.07) is 17.7. The molecule has 0 bridgehead atoms. The molecule has 2 aromatic carbocycles. The van der Waals surface area contributed by atoms with Crippen LogP contribution in [0.1, 0.15) is 31.4 Å². The molecule has 0 radical (unpaired) electrons. The van der Waals surface area contributed by atoms with Gasteiger partial charge in [-0.3, -0.25) is 9.59 Å². The highest BCUT2D eigenvalue weighted by atomic mass is 16.5. The molecule has 0 spiro atoms. The van der Waals surface area contributed by atoms with Crippen LogP contribution in [0.4, 0.5) is 0 Å². The number of amides is 2. The van der Waals surface area contributed by atoms with E-state index in [9.17, 15) is 9.59 Å². The first-order valence-corrected chi connectivity index (χ1v) is 9.75. The van der Waals surface area contributed by atoms with Crippen LogP contribution in [0.15, 0.2) is 54.6 Å². The maximum atomic E-state index is 13.0. The fourth-order valence-corrected chi connectivity index (χ4v) is 3.43. The standard InChI is InChI=1S/C23H28N2O3/c1-16(2)25(15-17-9-5-4-6-10-17)23(27)20-13-19(20)22(26)24-14-18-11-7-8-12-21(18)28-3/h4-12,16,19-20H,13-15H2,1-3H3,(H,24,26). The fraction of sp³-hybridized carbons (Fsp3) is 0.391. The Kier molecular flexibility index (Phi) is 6.34. The van der Waals surface area contributed by atoms with Crippen LogP contribution in [-0.4, -0.2) is 29.9 Å². The zero-order valence-corrected chi connectivity index (χ0v) is 16.7. The molecule has 5 nitrogen and oxygen atoms in total. The van der Waals surface area contributed by atoms with Crippen molar-refractivity contribution in [2.24, 2.45) is 11.8 Å². The van der Waals surface area contributed by atoms with Gasteiger partial charge in [-0.2, -0.15) is 0 Å². The molecule has 148 valence electrons. The maximum absolute atomic E-state index is 13.0. The number of methoxy groups -OCH3 is 1. The Hall–Kier alpha value is -2.82. The molecule has 2 atom stereocenters. The minimum absolute atomic E-state index is 0.0623. The summed E-state index contributed by atoms with van der Waals surface area (Å²) in [5, 5.41) is 2.95. The van der Waals surface area contributed by atoms with Gasteiger partial charge < -0.3 is 15.0 Å². The summed E-state index contributed by atoms with van der Waals surface area (Å²) < 4.78 is 5.32. The Morgan fingerprint density at radius 1 is 1.07 bits per heavy atom. The molecule has 0 aliphatic heterocycles. The van der Waals surface area contributed by atoms with E-state index >= 15 is 0 Å². The Bertz CT molecular complexity index is 820. The number of hydrogen-bond donors (Lipinski definition) is 1. The van der Waals surface area contributed by atoms with Crippen LogP contribution in [0, 0.1) is 11.8 Å². The summed E-state index contributed by atoms with van der Waals surface area (Å²) in [4.78, 5) is 27.4. The average Bonchev–Trinajstić information content (AvgIpc) is 3.51. The molecule has 1 aliphatic carbocycles. The van der Waals surface area contributed by atoms with E-state index in [1.807, 2.05) is 73.3 Å². The van der Waals surface area contributed by atoms with E-state index in [-0.39, 0.29) is 29.7 Å². The number of benzene rings is 2. The maximum Gasteiger partial charge on any atom is 0.227 e. The zero-order valence-electron chi connectivity index (χ0n) is 16.7. The van der Waals surface area contributed by atoms with Crippen molar-refractivity contribution in [2.45, 2.75) is 39.4 Å². The van der Waals surface area contributed by atoms with Crippen molar-refractivity contribution in [1.82, 2.24) is 10.2 Å². The normalized spacial score (nSPS) is 17.9. The van der Waals surface area contributed by atoms with Crippen LogP contribution >= 0.6 is 0 Å². The number of ether oxygens (including phenoxy) is 1. The Labute approximate surface area is 166 Å². The molecule has 3 rings (SSSR count). The van der Waals surface area contributed by atoms with Crippen molar-refractivity contribution in [1.29, 1.82) is 0 Å². The first kappa shape index (κ1) is 19.9. The molecule has 2 aromatic rings. The average molecular weight is 380 g/mol. The van der Waals surface area contributed by atoms with E-state index in [1.165, 1.54) is 0 Å². The van der Waals surface area contributed by atoms with Gasteiger partial charge in [0, 0.05) is 24.7 Å². The molecule has 1 aliphatic rings. The van der Waals surface area contributed by atoms with Gasteiger partial charge >= 0.3 is 0 Å². The predicted molar refractivity (Wildman–Crippen MR) is 109 cm³/mol. The van der Waals surface area contributed by atoms with Gasteiger partial charge in [-0.25, -0.2) is 0 Å². The van der Waals surface area contributed by atoms with E-state index in [1.54, 1.807) is 7.11 Å². The van der Waals surface area contributed by atoms with Gasteiger partial charge in [-0.1, -0.05) is 48.5 Å². The van der Waals surface area contributed by atoms with Gasteiger partial charge in [0.25, 0.3) is 0 Å². The van der Waals surface area contributed by atoms with Crippen LogP contribution in [0.3, 0.4) is 0 Å². The van der Waals surface area contributed by atoms with Crippen LogP contribution in [-0.2, 0) is 22.7 Å². The lowest BCUT2D eigenvalue weighted by Crippen LogP contribution is -2.38. The summed E-state index contributed by atoms with van der Waals surface area (Å²) in [6.45, 7) is 5.00. The second-order valence-corrected chi connectivity index (χ2v) is 7.52. The number of para-hydroxylation sites is 1. The van der Waals surface area contributed by atoms with Crippen molar-refractivity contribution < 1.29 is 14.3 Å². The molecule has 5 heteroatoms. The monoisotopic (exact) mass is 380 g/mol. The largest absolute Gasteiger partial charge is 0.496 e. The smallest absolute Gasteiger partial charge is 0.227 e. The van der Waals surface area contributed by atoms with E-state index in [2.05, 4.69) is 5.32 Å². The quantitative estimate of drug-likeness (QED) is 0.764. The molecule has 1 fully saturated rings. The molecule has 0 aromatic heterocycles. The third-order valence-corrected chi connectivity index (χ3v) is 5.19. The lowest BCUT2D eigenvalue weighted by molar-refractivity contribution is -0.136. The van der Waals surface area contributed by atoms with Crippen LogP contribution in [0.2, 0.25) is 0 Å². The first-order chi connectivity index (χ1) is 13.5. The molecule has 2 unspecified atom stereocenters. The lowest BCUT2D eigenvalue weighted by Gasteiger charge is -2.27. The number of nitrogens with zero attached hydrogens (tertiary/aromatic N) is 1. The SMILES string of the molecule is COc1ccccc1CNC(=O)C1CC1C(=O)N(Cc1ccccc1)C(C)C. The van der Waals surface area contributed by atoms with Crippen LogP contribution < -0.4 is 10.1 Å². The van der Waals surface area contributed by atoms with Crippen LogP contribution in [0.25, 0.3) is 0 Å². The van der Waals surface area contributed by atoms with Gasteiger partial charge in [-0.15, -0.1) is 0 Å². The van der Waals surface area contributed by atoms with Crippen molar-refractivity contribution in [3.8, 4) is 5.75 Å². The lowest BCUT2D eigenvalue weighted by atomic mass is 10.1. The summed E-state index contributed by atoms with van der Waals surface area (Å²) in [6.07, 6.45) is 0.620. The van der Waals surface area contributed by atoms with E-state index < -0.39 is 0 Å². The fourth-order valence-electron chi connectivity index (χ4n) is 3.43. The predicted octanol–water partition coefficient (Wildman–Crippen LogP) is 3.38. The van der Waals surface area contributed by atoms with Gasteiger partial charge in [0.05, 0.1) is 18.9 Å². The third kappa shape index (κ3) is 4.71. The van der Waals surface area contributed by atoms with Gasteiger partial charge in [0.2, 0.25) is 11.8 Å². The number of rotatable bonds is 8. The molecule has 2 amide bonds. The number of hydrogen-bond acceptors (Lipinski definition) is 3. The second kappa shape index (κ2) is 8.91. The first-order valence-electron chi connectivity index (χ1n) is 9.75. The summed E-state index contributed by atoms with van der Waals surface area (Å²) in [5.41, 5.74) is 2.03. The zero-order chi connectivity index (χ0) is 20.1. The Morgan fingerprint density at radius 3 is 2.43 bits per heavy atom. The molecular weight excluding hydrogens is 352 g/mol. The summed E-state index contributed by atoms with van der Waals surface area (Å²) in [7, 11) is 1.61. The van der Waals surface area contributed by atoms with Crippen molar-refractivity contribution in [3.63, 3.8) is 0 Å². The molecule has 1 saturated carbocycles. The van der Waals surface area contributed by atoms with E-state index in [4.69, 9.17) is 4.74 Å². The third-order valence-electron chi connectivity index (χ3n) is 5.19. The van der Waals surface area contributed by atoms with E-state index in [0.717, 1.165) is 16.9 Å². The second-order valence-electron chi connectivity index (χ2n) is 7.52. The number of nitrogens with one attached hydrogen (secondary N) is 1. The van der Waals surface area contributed by atoms with Crippen molar-refractivity contribution >= 4 is 11.8 Å². The Balaban J connectivity index is 1.56. The molecule has 1 N–H and O–H groups in total. The Morgan fingerprint density at radius 2 is 1.75 bits per heavy atom. The number of carbonyl (C=O) groups excluding carboxylic acids is 2. The van der Waals surface area contributed by atoms with E-state index in [0.29, 0.717) is 19.5 Å². The molecule has 0 saturated heterocycles. The van der Waals surface area contributed by atoms with Crippen LogP contribution in [0.5, 0.6) is 5.75 Å². The summed E-state index contributed by atoms with van der Waals surface area (Å²) >= 11 is 0. The molecule has 28 heavy (non-hydrogen) atoms. The topological polar surface area (TPSA) is 58.6 Å². The van der Waals surface area contributed by atoms with Gasteiger partial charge in [0.15, 0.2) is 0 Å². The van der Waals surface area contributed by atoms with Crippen molar-refractivity contribution in [2.75, 3.05) is 7.11 Å².